The second-order valence-electron chi connectivity index (χ2n) is 6.44. The zero-order valence-electron chi connectivity index (χ0n) is 17.3. The molecule has 1 aromatic carbocycles. The molecule has 160 valence electrons. The number of nitrogens with one attached hydrogen (secondary N) is 1. The molecule has 0 saturated carbocycles. The molecule has 9 nitrogen and oxygen atoms in total. The summed E-state index contributed by atoms with van der Waals surface area (Å²) >= 11 is 0. The van der Waals surface area contributed by atoms with E-state index in [9.17, 15) is 14.4 Å². The summed E-state index contributed by atoms with van der Waals surface area (Å²) in [4.78, 5) is 37.9. The molecule has 1 aliphatic heterocycles. The van der Waals surface area contributed by atoms with Crippen LogP contribution in [0.25, 0.3) is 0 Å². The largest absolute Gasteiger partial charge is 0.493 e. The Kier molecular flexibility index (Phi) is 8.11. The van der Waals surface area contributed by atoms with Gasteiger partial charge in [0, 0.05) is 19.5 Å². The first-order valence-electron chi connectivity index (χ1n) is 9.46. The molecule has 0 saturated heterocycles. The van der Waals surface area contributed by atoms with Gasteiger partial charge in [-0.1, -0.05) is 0 Å². The highest BCUT2D eigenvalue weighted by Crippen LogP contribution is 2.39. The van der Waals surface area contributed by atoms with Crippen LogP contribution < -0.4 is 14.8 Å². The molecular weight excluding hydrogens is 380 g/mol. The summed E-state index contributed by atoms with van der Waals surface area (Å²) in [6.45, 7) is 2.56. The van der Waals surface area contributed by atoms with Crippen LogP contribution in [-0.2, 0) is 25.5 Å². The zero-order chi connectivity index (χ0) is 21.4. The van der Waals surface area contributed by atoms with Crippen LogP contribution in [0, 0.1) is 0 Å². The molecule has 1 N–H and O–H groups in total. The third-order valence-electron chi connectivity index (χ3n) is 4.79. The van der Waals surface area contributed by atoms with E-state index in [4.69, 9.17) is 18.9 Å². The minimum atomic E-state index is -0.563. The third-order valence-corrected chi connectivity index (χ3v) is 4.79. The lowest BCUT2D eigenvalue weighted by atomic mass is 9.89. The van der Waals surface area contributed by atoms with Crippen molar-refractivity contribution in [2.75, 3.05) is 41.0 Å². The maximum atomic E-state index is 12.8. The molecule has 1 aromatic rings. The molecule has 2 amide bonds. The van der Waals surface area contributed by atoms with E-state index in [0.29, 0.717) is 24.5 Å². The van der Waals surface area contributed by atoms with Gasteiger partial charge in [0.1, 0.15) is 0 Å². The molecule has 0 aromatic heterocycles. The first-order valence-corrected chi connectivity index (χ1v) is 9.46. The Balaban J connectivity index is 2.23. The lowest BCUT2D eigenvalue weighted by molar-refractivity contribution is -0.144. The smallest absolute Gasteiger partial charge is 0.407 e. The molecule has 2 rings (SSSR count). The van der Waals surface area contributed by atoms with Crippen molar-refractivity contribution < 1.29 is 33.3 Å². The Morgan fingerprint density at radius 1 is 1.14 bits per heavy atom. The number of amides is 2. The van der Waals surface area contributed by atoms with Gasteiger partial charge in [-0.3, -0.25) is 9.59 Å². The third kappa shape index (κ3) is 5.52. The van der Waals surface area contributed by atoms with Crippen LogP contribution in [0.1, 0.15) is 36.9 Å². The first kappa shape index (κ1) is 22.3. The van der Waals surface area contributed by atoms with Crippen LogP contribution in [0.5, 0.6) is 11.5 Å². The standard InChI is InChI=1S/C20H28N2O7/c1-5-29-20(25)21-8-6-18(23)22-9-7-13-10-16(26-2)17(27-3)11-14(13)15(22)12-19(24)28-4/h10-11,15H,5-9,12H2,1-4H3,(H,21,25). The average Bonchev–Trinajstić information content (AvgIpc) is 2.72. The molecule has 0 radical (unpaired) electrons. The highest BCUT2D eigenvalue weighted by Gasteiger charge is 2.33. The second-order valence-corrected chi connectivity index (χ2v) is 6.44. The summed E-state index contributed by atoms with van der Waals surface area (Å²) in [5.74, 6) is 0.539. The van der Waals surface area contributed by atoms with Gasteiger partial charge in [0.15, 0.2) is 11.5 Å². The average molecular weight is 408 g/mol. The molecule has 1 heterocycles. The maximum absolute atomic E-state index is 12.8. The van der Waals surface area contributed by atoms with Crippen LogP contribution in [0.4, 0.5) is 4.79 Å². The van der Waals surface area contributed by atoms with Crippen molar-refractivity contribution in [2.24, 2.45) is 0 Å². The number of methoxy groups -OCH3 is 3. The van der Waals surface area contributed by atoms with Gasteiger partial charge < -0.3 is 29.2 Å². The maximum Gasteiger partial charge on any atom is 0.407 e. The van der Waals surface area contributed by atoms with Crippen LogP contribution >= 0.6 is 0 Å². The van der Waals surface area contributed by atoms with Crippen LogP contribution in [0.3, 0.4) is 0 Å². The van der Waals surface area contributed by atoms with E-state index >= 15 is 0 Å². The summed E-state index contributed by atoms with van der Waals surface area (Å²) in [5.41, 5.74) is 1.82. The Hall–Kier alpha value is -2.97. The lowest BCUT2D eigenvalue weighted by Gasteiger charge is -2.37. The minimum absolute atomic E-state index is 0.0238. The first-order chi connectivity index (χ1) is 13.9. The quantitative estimate of drug-likeness (QED) is 0.655. The summed E-state index contributed by atoms with van der Waals surface area (Å²) in [7, 11) is 4.41. The van der Waals surface area contributed by atoms with Gasteiger partial charge in [-0.25, -0.2) is 4.79 Å². The molecule has 0 aliphatic carbocycles. The molecule has 1 aliphatic rings. The van der Waals surface area contributed by atoms with Crippen LogP contribution in [0.15, 0.2) is 12.1 Å². The molecule has 29 heavy (non-hydrogen) atoms. The van der Waals surface area contributed by atoms with E-state index in [1.165, 1.54) is 14.2 Å². The number of carbonyl (C=O) groups excluding carboxylic acids is 3. The summed E-state index contributed by atoms with van der Waals surface area (Å²) < 4.78 is 20.4. The minimum Gasteiger partial charge on any atom is -0.493 e. The number of carbonyl (C=O) groups is 3. The monoisotopic (exact) mass is 408 g/mol. The second kappa shape index (κ2) is 10.5. The molecule has 0 spiro atoms. The van der Waals surface area contributed by atoms with Crippen molar-refractivity contribution in [3.63, 3.8) is 0 Å². The Morgan fingerprint density at radius 3 is 2.45 bits per heavy atom. The highest BCUT2D eigenvalue weighted by atomic mass is 16.5. The number of hydrogen-bond donors (Lipinski definition) is 1. The number of rotatable bonds is 8. The van der Waals surface area contributed by atoms with E-state index < -0.39 is 18.1 Å². The number of esters is 1. The fourth-order valence-electron chi connectivity index (χ4n) is 3.39. The molecule has 1 unspecified atom stereocenters. The van der Waals surface area contributed by atoms with Gasteiger partial charge in [-0.2, -0.15) is 0 Å². The van der Waals surface area contributed by atoms with Crippen LogP contribution in [-0.4, -0.2) is 63.9 Å². The molecule has 1 atom stereocenters. The SMILES string of the molecule is CCOC(=O)NCCC(=O)N1CCc2cc(OC)c(OC)cc2C1CC(=O)OC. The predicted octanol–water partition coefficient (Wildman–Crippen LogP) is 1.83. The molecular formula is C20H28N2O7. The molecule has 0 bridgehead atoms. The zero-order valence-corrected chi connectivity index (χ0v) is 17.3. The Morgan fingerprint density at radius 2 is 1.83 bits per heavy atom. The fourth-order valence-corrected chi connectivity index (χ4v) is 3.39. The van der Waals surface area contributed by atoms with Gasteiger partial charge in [0.05, 0.1) is 40.4 Å². The number of fused-ring (bicyclic) bond motifs is 1. The van der Waals surface area contributed by atoms with Crippen molar-refractivity contribution in [3.8, 4) is 11.5 Å². The van der Waals surface area contributed by atoms with Crippen LogP contribution in [0.2, 0.25) is 0 Å². The van der Waals surface area contributed by atoms with Gasteiger partial charge >= 0.3 is 12.1 Å². The number of alkyl carbamates (subject to hydrolysis) is 1. The Bertz CT molecular complexity index is 751. The van der Waals surface area contributed by atoms with Gasteiger partial charge in [0.25, 0.3) is 0 Å². The van der Waals surface area contributed by atoms with Crippen molar-refractivity contribution in [1.29, 1.82) is 0 Å². The van der Waals surface area contributed by atoms with Crippen molar-refractivity contribution in [3.05, 3.63) is 23.3 Å². The predicted molar refractivity (Wildman–Crippen MR) is 104 cm³/mol. The van der Waals surface area contributed by atoms with E-state index in [1.807, 2.05) is 6.07 Å². The number of hydrogen-bond acceptors (Lipinski definition) is 7. The molecule has 0 fully saturated rings. The van der Waals surface area contributed by atoms with Crippen molar-refractivity contribution in [1.82, 2.24) is 10.2 Å². The van der Waals surface area contributed by atoms with Gasteiger partial charge in [-0.15, -0.1) is 0 Å². The van der Waals surface area contributed by atoms with Crippen molar-refractivity contribution in [2.45, 2.75) is 32.2 Å². The number of nitrogens with zero attached hydrogens (tertiary/aromatic N) is 1. The number of benzene rings is 1. The van der Waals surface area contributed by atoms with Gasteiger partial charge in [-0.05, 0) is 36.6 Å². The Labute approximate surface area is 170 Å². The fraction of sp³-hybridized carbons (Fsp3) is 0.550. The summed E-state index contributed by atoms with van der Waals surface area (Å²) in [6.07, 6.45) is 0.173. The van der Waals surface area contributed by atoms with E-state index in [2.05, 4.69) is 5.32 Å². The van der Waals surface area contributed by atoms with E-state index in [1.54, 1.807) is 25.0 Å². The molecule has 9 heteroatoms. The topological polar surface area (TPSA) is 103 Å². The number of ether oxygens (including phenoxy) is 4. The highest BCUT2D eigenvalue weighted by molar-refractivity contribution is 5.80. The van der Waals surface area contributed by atoms with E-state index in [-0.39, 0.29) is 31.9 Å². The summed E-state index contributed by atoms with van der Waals surface area (Å²) in [5, 5.41) is 2.54. The van der Waals surface area contributed by atoms with Crippen molar-refractivity contribution >= 4 is 18.0 Å². The normalized spacial score (nSPS) is 15.2. The lowest BCUT2D eigenvalue weighted by Crippen LogP contribution is -2.42. The van der Waals surface area contributed by atoms with E-state index in [0.717, 1.165) is 11.1 Å². The summed E-state index contributed by atoms with van der Waals surface area (Å²) in [6, 6.07) is 3.20. The van der Waals surface area contributed by atoms with Gasteiger partial charge in [0.2, 0.25) is 5.91 Å².